The number of carboxylic acids is 1. The molecular weight excluding hydrogens is 262 g/mol. The molecule has 0 aliphatic carbocycles. The summed E-state index contributed by atoms with van der Waals surface area (Å²) in [6.45, 7) is 1.41. The molecule has 2 atom stereocenters. The second-order valence-corrected chi connectivity index (χ2v) is 5.03. The van der Waals surface area contributed by atoms with Gasteiger partial charge in [-0.1, -0.05) is 11.8 Å². The van der Waals surface area contributed by atoms with Crippen LogP contribution in [0.25, 0.3) is 0 Å². The van der Waals surface area contributed by atoms with Gasteiger partial charge in [0.2, 0.25) is 5.91 Å². The van der Waals surface area contributed by atoms with E-state index in [1.165, 1.54) is 6.92 Å². The Morgan fingerprint density at radius 2 is 2.17 bits per heavy atom. The number of thioether (sulfide) groups is 1. The number of aliphatic carboxylic acids is 1. The first-order chi connectivity index (χ1) is 8.40. The second kappa shape index (κ2) is 6.39. The first kappa shape index (κ1) is 14.5. The summed E-state index contributed by atoms with van der Waals surface area (Å²) in [5.41, 5.74) is 0. The van der Waals surface area contributed by atoms with Crippen LogP contribution in [0, 0.1) is 0 Å². The van der Waals surface area contributed by atoms with Gasteiger partial charge in [0.15, 0.2) is 5.12 Å². The summed E-state index contributed by atoms with van der Waals surface area (Å²) in [5.74, 6) is -2.23. The van der Waals surface area contributed by atoms with E-state index >= 15 is 0 Å². The molecule has 2 N–H and O–H groups in total. The molecule has 0 spiro atoms. The fourth-order valence-corrected chi connectivity index (χ4v) is 2.59. The molecule has 0 aromatic heterocycles. The highest BCUT2D eigenvalue weighted by atomic mass is 32.2. The number of carbonyl (C=O) groups is 4. The number of carbonyl (C=O) groups excluding carboxylic acids is 3. The topological polar surface area (TPSA) is 110 Å². The Morgan fingerprint density at radius 1 is 1.50 bits per heavy atom. The van der Waals surface area contributed by atoms with Gasteiger partial charge >= 0.3 is 11.9 Å². The third-order valence-corrected chi connectivity index (χ3v) is 3.43. The third kappa shape index (κ3) is 4.36. The van der Waals surface area contributed by atoms with E-state index in [9.17, 15) is 19.2 Å². The largest absolute Gasteiger partial charge is 0.481 e. The minimum atomic E-state index is -1.22. The summed E-state index contributed by atoms with van der Waals surface area (Å²) in [5, 5.41) is 9.86. The molecule has 1 aliphatic rings. The quantitative estimate of drug-likeness (QED) is 0.527. The zero-order chi connectivity index (χ0) is 13.7. The molecule has 1 heterocycles. The van der Waals surface area contributed by atoms with E-state index in [1.807, 2.05) is 0 Å². The number of ether oxygens (including phenoxy) is 1. The number of hydrogen-bond donors (Lipinski definition) is 2. The lowest BCUT2D eigenvalue weighted by Gasteiger charge is -2.29. The molecule has 0 bridgehead atoms. The summed E-state index contributed by atoms with van der Waals surface area (Å²) in [7, 11) is 0. The minimum absolute atomic E-state index is 0.160. The van der Waals surface area contributed by atoms with Gasteiger partial charge in [-0.15, -0.1) is 0 Å². The zero-order valence-electron chi connectivity index (χ0n) is 9.67. The number of nitrogens with one attached hydrogen (secondary N) is 1. The molecule has 18 heavy (non-hydrogen) atoms. The summed E-state index contributed by atoms with van der Waals surface area (Å²) >= 11 is 0.767. The maximum Gasteiger partial charge on any atom is 0.329 e. The maximum absolute atomic E-state index is 11.5. The van der Waals surface area contributed by atoms with Gasteiger partial charge in [0.1, 0.15) is 12.5 Å². The number of carboxylic acid groups (broad SMARTS) is 1. The van der Waals surface area contributed by atoms with Crippen LogP contribution in [0.1, 0.15) is 19.8 Å². The van der Waals surface area contributed by atoms with Crippen molar-refractivity contribution in [3.8, 4) is 0 Å². The maximum atomic E-state index is 11.5. The smallest absolute Gasteiger partial charge is 0.329 e. The molecule has 1 saturated heterocycles. The molecule has 0 aromatic rings. The number of hydrogen-bond acceptors (Lipinski definition) is 6. The van der Waals surface area contributed by atoms with Crippen LogP contribution >= 0.6 is 11.8 Å². The van der Waals surface area contributed by atoms with Crippen molar-refractivity contribution in [2.45, 2.75) is 31.1 Å². The van der Waals surface area contributed by atoms with Crippen LogP contribution < -0.4 is 5.32 Å². The molecule has 0 aromatic carbocycles. The molecule has 1 rings (SSSR count). The highest BCUT2D eigenvalue weighted by molar-refractivity contribution is 8.14. The molecule has 0 saturated carbocycles. The van der Waals surface area contributed by atoms with E-state index in [0.29, 0.717) is 6.42 Å². The summed E-state index contributed by atoms with van der Waals surface area (Å²) in [6.07, 6.45) is -0.213. The summed E-state index contributed by atoms with van der Waals surface area (Å²) in [6, 6.07) is -0.904. The number of amides is 1. The molecule has 0 radical (unpaired) electrons. The molecule has 7 nitrogen and oxygen atoms in total. The second-order valence-electron chi connectivity index (χ2n) is 3.73. The van der Waals surface area contributed by atoms with Gasteiger partial charge in [-0.25, -0.2) is 4.79 Å². The van der Waals surface area contributed by atoms with Crippen molar-refractivity contribution in [1.29, 1.82) is 0 Å². The zero-order valence-corrected chi connectivity index (χ0v) is 10.5. The highest BCUT2D eigenvalue weighted by Gasteiger charge is 2.36. The van der Waals surface area contributed by atoms with E-state index in [0.717, 1.165) is 11.8 Å². The molecule has 2 unspecified atom stereocenters. The Balaban J connectivity index is 2.64. The van der Waals surface area contributed by atoms with Gasteiger partial charge in [-0.05, 0) is 6.42 Å². The lowest BCUT2D eigenvalue weighted by molar-refractivity contribution is -0.151. The molecule has 1 fully saturated rings. The lowest BCUT2D eigenvalue weighted by Crippen LogP contribution is -2.51. The molecule has 1 aliphatic heterocycles. The van der Waals surface area contributed by atoms with Crippen LogP contribution in [0.15, 0.2) is 0 Å². The molecule has 1 amide bonds. The van der Waals surface area contributed by atoms with Crippen molar-refractivity contribution in [1.82, 2.24) is 5.32 Å². The van der Waals surface area contributed by atoms with Gasteiger partial charge in [-0.2, -0.15) is 0 Å². The normalized spacial score (nSPS) is 23.1. The summed E-state index contributed by atoms with van der Waals surface area (Å²) in [4.78, 5) is 44.2. The SMILES string of the molecule is CC(=O)NC1C(=O)OCCC1SC(=O)CC(=O)O. The van der Waals surface area contributed by atoms with Gasteiger partial charge < -0.3 is 15.2 Å². The predicted octanol–water partition coefficient (Wildman–Crippen LogP) is -0.459. The van der Waals surface area contributed by atoms with Crippen molar-refractivity contribution in [2.75, 3.05) is 6.61 Å². The van der Waals surface area contributed by atoms with E-state index in [4.69, 9.17) is 9.84 Å². The Hall–Kier alpha value is -1.57. The van der Waals surface area contributed by atoms with Crippen molar-refractivity contribution >= 4 is 34.7 Å². The number of esters is 1. The van der Waals surface area contributed by atoms with Crippen molar-refractivity contribution in [2.24, 2.45) is 0 Å². The van der Waals surface area contributed by atoms with E-state index < -0.39 is 40.7 Å². The summed E-state index contributed by atoms with van der Waals surface area (Å²) < 4.78 is 4.79. The Morgan fingerprint density at radius 3 is 2.72 bits per heavy atom. The predicted molar refractivity (Wildman–Crippen MR) is 61.8 cm³/mol. The Kier molecular flexibility index (Phi) is 5.14. The van der Waals surface area contributed by atoms with Crippen molar-refractivity contribution < 1.29 is 29.0 Å². The standard InChI is InChI=1S/C10H13NO6S/c1-5(12)11-9-6(2-3-17-10(9)16)18-8(15)4-7(13)14/h6,9H,2-4H2,1H3,(H,11,12)(H,13,14). The van der Waals surface area contributed by atoms with Crippen LogP contribution in [0.3, 0.4) is 0 Å². The van der Waals surface area contributed by atoms with Crippen LogP contribution in [0.2, 0.25) is 0 Å². The van der Waals surface area contributed by atoms with Gasteiger partial charge in [0, 0.05) is 12.2 Å². The molecule has 100 valence electrons. The fraction of sp³-hybridized carbons (Fsp3) is 0.600. The monoisotopic (exact) mass is 275 g/mol. The first-order valence-electron chi connectivity index (χ1n) is 5.25. The van der Waals surface area contributed by atoms with Crippen LogP contribution in [-0.4, -0.2) is 46.0 Å². The van der Waals surface area contributed by atoms with Crippen molar-refractivity contribution in [3.05, 3.63) is 0 Å². The van der Waals surface area contributed by atoms with Gasteiger partial charge in [0.25, 0.3) is 0 Å². The van der Waals surface area contributed by atoms with E-state index in [1.54, 1.807) is 0 Å². The van der Waals surface area contributed by atoms with E-state index in [-0.39, 0.29) is 6.61 Å². The lowest BCUT2D eigenvalue weighted by atomic mass is 10.1. The average Bonchev–Trinajstić information content (AvgIpc) is 2.21. The average molecular weight is 275 g/mol. The van der Waals surface area contributed by atoms with Crippen LogP contribution in [-0.2, 0) is 23.9 Å². The first-order valence-corrected chi connectivity index (χ1v) is 6.13. The molecular formula is C10H13NO6S. The van der Waals surface area contributed by atoms with Crippen LogP contribution in [0.5, 0.6) is 0 Å². The van der Waals surface area contributed by atoms with Crippen molar-refractivity contribution in [3.63, 3.8) is 0 Å². The van der Waals surface area contributed by atoms with E-state index in [2.05, 4.69) is 5.32 Å². The molecule has 8 heteroatoms. The number of cyclic esters (lactones) is 1. The fourth-order valence-electron chi connectivity index (χ4n) is 1.52. The van der Waals surface area contributed by atoms with Gasteiger partial charge in [0.05, 0.1) is 6.61 Å². The van der Waals surface area contributed by atoms with Crippen LogP contribution in [0.4, 0.5) is 0 Å². The Bertz CT molecular complexity index is 383. The number of rotatable bonds is 4. The minimum Gasteiger partial charge on any atom is -0.481 e. The third-order valence-electron chi connectivity index (χ3n) is 2.21. The highest BCUT2D eigenvalue weighted by Crippen LogP contribution is 2.25. The Labute approximate surface area is 107 Å². The van der Waals surface area contributed by atoms with Gasteiger partial charge in [-0.3, -0.25) is 14.4 Å².